The Hall–Kier alpha value is -1.36. The molecule has 0 bridgehead atoms. The van der Waals surface area contributed by atoms with Gasteiger partial charge in [-0.1, -0.05) is 41.1 Å². The van der Waals surface area contributed by atoms with E-state index in [0.29, 0.717) is 6.42 Å². The maximum absolute atomic E-state index is 11.8. The van der Waals surface area contributed by atoms with Crippen molar-refractivity contribution in [2.45, 2.75) is 32.2 Å². The number of rotatable bonds is 5. The highest BCUT2D eigenvalue weighted by atomic mass is 79.9. The van der Waals surface area contributed by atoms with Gasteiger partial charge < -0.3 is 10.4 Å². The van der Waals surface area contributed by atoms with Crippen LogP contribution in [0, 0.1) is 0 Å². The average molecular weight is 314 g/mol. The molecule has 0 heterocycles. The van der Waals surface area contributed by atoms with E-state index in [4.69, 9.17) is 5.11 Å². The second-order valence-corrected chi connectivity index (χ2v) is 5.16. The van der Waals surface area contributed by atoms with Crippen LogP contribution in [-0.4, -0.2) is 22.5 Å². The zero-order valence-electron chi connectivity index (χ0n) is 10.4. The van der Waals surface area contributed by atoms with E-state index in [1.807, 2.05) is 24.3 Å². The maximum Gasteiger partial charge on any atom is 0.329 e. The molecule has 1 atom stereocenters. The number of hydrogen-bond acceptors (Lipinski definition) is 2. The molecule has 1 unspecified atom stereocenters. The number of halogens is 1. The smallest absolute Gasteiger partial charge is 0.329 e. The standard InChI is InChI=1S/C13H16BrNO3/c1-3-13(2,12(17)18)15-11(16)8-9-6-4-5-7-10(9)14/h4-7H,3,8H2,1-2H3,(H,15,16)(H,17,18). The summed E-state index contributed by atoms with van der Waals surface area (Å²) < 4.78 is 0.841. The van der Waals surface area contributed by atoms with Crippen molar-refractivity contribution < 1.29 is 14.7 Å². The summed E-state index contributed by atoms with van der Waals surface area (Å²) in [5.41, 5.74) is -0.378. The van der Waals surface area contributed by atoms with Gasteiger partial charge in [-0.25, -0.2) is 4.79 Å². The van der Waals surface area contributed by atoms with Gasteiger partial charge in [0.25, 0.3) is 0 Å². The Bertz CT molecular complexity index is 461. The average Bonchev–Trinajstić information content (AvgIpc) is 2.31. The van der Waals surface area contributed by atoms with Gasteiger partial charge >= 0.3 is 5.97 Å². The third-order valence-corrected chi connectivity index (χ3v) is 3.68. The minimum Gasteiger partial charge on any atom is -0.480 e. The van der Waals surface area contributed by atoms with Crippen molar-refractivity contribution >= 4 is 27.8 Å². The van der Waals surface area contributed by atoms with E-state index in [-0.39, 0.29) is 12.3 Å². The van der Waals surface area contributed by atoms with Crippen molar-refractivity contribution in [3.63, 3.8) is 0 Å². The number of nitrogens with one attached hydrogen (secondary N) is 1. The Balaban J connectivity index is 2.73. The van der Waals surface area contributed by atoms with Gasteiger partial charge in [-0.3, -0.25) is 4.79 Å². The zero-order chi connectivity index (χ0) is 13.8. The Morgan fingerprint density at radius 1 is 1.39 bits per heavy atom. The van der Waals surface area contributed by atoms with Crippen molar-refractivity contribution in [2.75, 3.05) is 0 Å². The van der Waals surface area contributed by atoms with Gasteiger partial charge in [-0.15, -0.1) is 0 Å². The highest BCUT2D eigenvalue weighted by molar-refractivity contribution is 9.10. The monoisotopic (exact) mass is 313 g/mol. The molecule has 0 saturated carbocycles. The molecule has 18 heavy (non-hydrogen) atoms. The molecule has 98 valence electrons. The van der Waals surface area contributed by atoms with E-state index in [9.17, 15) is 9.59 Å². The minimum absolute atomic E-state index is 0.157. The Morgan fingerprint density at radius 3 is 2.50 bits per heavy atom. The van der Waals surface area contributed by atoms with E-state index in [2.05, 4.69) is 21.2 Å². The number of aliphatic carboxylic acids is 1. The number of amides is 1. The number of carboxylic acids is 1. The van der Waals surface area contributed by atoms with Crippen LogP contribution in [0.5, 0.6) is 0 Å². The molecule has 1 amide bonds. The van der Waals surface area contributed by atoms with Crippen molar-refractivity contribution in [2.24, 2.45) is 0 Å². The second kappa shape index (κ2) is 6.00. The van der Waals surface area contributed by atoms with Gasteiger partial charge in [0, 0.05) is 4.47 Å². The summed E-state index contributed by atoms with van der Waals surface area (Å²) in [7, 11) is 0. The van der Waals surface area contributed by atoms with Gasteiger partial charge in [-0.2, -0.15) is 0 Å². The first-order valence-electron chi connectivity index (χ1n) is 5.67. The summed E-state index contributed by atoms with van der Waals surface area (Å²) in [6.45, 7) is 3.24. The summed E-state index contributed by atoms with van der Waals surface area (Å²) in [6.07, 6.45) is 0.494. The molecule has 0 aliphatic heterocycles. The maximum atomic E-state index is 11.8. The van der Waals surface area contributed by atoms with Crippen molar-refractivity contribution in [1.29, 1.82) is 0 Å². The number of carbonyl (C=O) groups excluding carboxylic acids is 1. The molecule has 0 aliphatic rings. The summed E-state index contributed by atoms with van der Waals surface area (Å²) in [5, 5.41) is 11.6. The molecule has 0 radical (unpaired) electrons. The highest BCUT2D eigenvalue weighted by Crippen LogP contribution is 2.17. The van der Waals surface area contributed by atoms with Gasteiger partial charge in [0.2, 0.25) is 5.91 Å². The SMILES string of the molecule is CCC(C)(NC(=O)Cc1ccccc1Br)C(=O)O. The van der Waals surface area contributed by atoms with Crippen molar-refractivity contribution in [1.82, 2.24) is 5.32 Å². The van der Waals surface area contributed by atoms with Gasteiger partial charge in [0.1, 0.15) is 5.54 Å². The lowest BCUT2D eigenvalue weighted by atomic mass is 9.98. The number of hydrogen-bond donors (Lipinski definition) is 2. The Kier molecular flexibility index (Phi) is 4.90. The molecule has 0 aromatic heterocycles. The molecule has 0 aliphatic carbocycles. The van der Waals surface area contributed by atoms with E-state index in [1.54, 1.807) is 6.92 Å². The molecule has 0 spiro atoms. The topological polar surface area (TPSA) is 66.4 Å². The van der Waals surface area contributed by atoms with Gasteiger partial charge in [-0.05, 0) is 25.0 Å². The fourth-order valence-corrected chi connectivity index (χ4v) is 1.88. The quantitative estimate of drug-likeness (QED) is 0.877. The fraction of sp³-hybridized carbons (Fsp3) is 0.385. The normalized spacial score (nSPS) is 13.7. The first-order valence-corrected chi connectivity index (χ1v) is 6.46. The molecular weight excluding hydrogens is 298 g/mol. The third-order valence-electron chi connectivity index (χ3n) is 2.90. The van der Waals surface area contributed by atoms with Crippen LogP contribution in [0.1, 0.15) is 25.8 Å². The minimum atomic E-state index is -1.21. The van der Waals surface area contributed by atoms with Crippen LogP contribution in [-0.2, 0) is 16.0 Å². The largest absolute Gasteiger partial charge is 0.480 e. The number of benzene rings is 1. The summed E-state index contributed by atoms with van der Waals surface area (Å²) in [5.74, 6) is -1.32. The third kappa shape index (κ3) is 3.57. The zero-order valence-corrected chi connectivity index (χ0v) is 12.0. The first kappa shape index (κ1) is 14.7. The van der Waals surface area contributed by atoms with E-state index in [1.165, 1.54) is 6.92 Å². The number of carbonyl (C=O) groups is 2. The lowest BCUT2D eigenvalue weighted by Crippen LogP contribution is -2.52. The lowest BCUT2D eigenvalue weighted by molar-refractivity contribution is -0.146. The molecule has 1 aromatic rings. The van der Waals surface area contributed by atoms with E-state index < -0.39 is 11.5 Å². The van der Waals surface area contributed by atoms with Crippen LogP contribution in [0.4, 0.5) is 0 Å². The van der Waals surface area contributed by atoms with Crippen molar-refractivity contribution in [3.05, 3.63) is 34.3 Å². The molecule has 4 nitrogen and oxygen atoms in total. The molecule has 0 saturated heterocycles. The van der Waals surface area contributed by atoms with E-state index >= 15 is 0 Å². The summed E-state index contributed by atoms with van der Waals surface area (Å²) in [4.78, 5) is 22.9. The first-order chi connectivity index (χ1) is 8.39. The van der Waals surface area contributed by atoms with Crippen LogP contribution in [0.2, 0.25) is 0 Å². The molecule has 2 N–H and O–H groups in total. The molecule has 1 rings (SSSR count). The summed E-state index contributed by atoms with van der Waals surface area (Å²) >= 11 is 3.35. The highest BCUT2D eigenvalue weighted by Gasteiger charge is 2.32. The lowest BCUT2D eigenvalue weighted by Gasteiger charge is -2.24. The predicted octanol–water partition coefficient (Wildman–Crippen LogP) is 2.36. The Labute approximate surface area is 115 Å². The fourth-order valence-electron chi connectivity index (χ4n) is 1.46. The molecular formula is C13H16BrNO3. The number of carboxylic acid groups (broad SMARTS) is 1. The molecule has 5 heteroatoms. The van der Waals surface area contributed by atoms with Gasteiger partial charge in [0.15, 0.2) is 0 Å². The Morgan fingerprint density at radius 2 is 2.00 bits per heavy atom. The van der Waals surface area contributed by atoms with Crippen LogP contribution >= 0.6 is 15.9 Å². The molecule has 1 aromatic carbocycles. The van der Waals surface area contributed by atoms with Crippen LogP contribution in [0.3, 0.4) is 0 Å². The summed E-state index contributed by atoms with van der Waals surface area (Å²) in [6, 6.07) is 7.37. The second-order valence-electron chi connectivity index (χ2n) is 4.31. The van der Waals surface area contributed by atoms with Gasteiger partial charge in [0.05, 0.1) is 6.42 Å². The predicted molar refractivity (Wildman–Crippen MR) is 72.3 cm³/mol. The van der Waals surface area contributed by atoms with E-state index in [0.717, 1.165) is 10.0 Å². The van der Waals surface area contributed by atoms with Crippen LogP contribution in [0.25, 0.3) is 0 Å². The van der Waals surface area contributed by atoms with Crippen LogP contribution < -0.4 is 5.32 Å². The van der Waals surface area contributed by atoms with Crippen LogP contribution in [0.15, 0.2) is 28.7 Å². The van der Waals surface area contributed by atoms with Crippen molar-refractivity contribution in [3.8, 4) is 0 Å². The molecule has 0 fully saturated rings.